The van der Waals surface area contributed by atoms with E-state index < -0.39 is 0 Å². The maximum Gasteiger partial charge on any atom is 0.272 e. The molecule has 0 aliphatic carbocycles. The molecule has 154 valence electrons. The summed E-state index contributed by atoms with van der Waals surface area (Å²) in [6.45, 7) is 0.301. The van der Waals surface area contributed by atoms with Gasteiger partial charge in [-0.25, -0.2) is 9.37 Å². The van der Waals surface area contributed by atoms with Crippen LogP contribution in [0.25, 0.3) is 20.3 Å². The summed E-state index contributed by atoms with van der Waals surface area (Å²) in [5, 5.41) is 2.09. The topological polar surface area (TPSA) is 34.9 Å². The third-order valence-corrected chi connectivity index (χ3v) is 7.59. The molecule has 0 aliphatic heterocycles. The first-order valence-electron chi connectivity index (χ1n) is 9.63. The second-order valence-electron chi connectivity index (χ2n) is 7.03. The van der Waals surface area contributed by atoms with E-state index in [1.165, 1.54) is 29.2 Å². The number of nitrogens with zero attached hydrogens (tertiary/aromatic N) is 2. The summed E-state index contributed by atoms with van der Waals surface area (Å²) in [4.78, 5) is 18.4. The Kier molecular flexibility index (Phi) is 5.52. The Morgan fingerprint density at radius 3 is 2.48 bits per heavy atom. The van der Waals surface area contributed by atoms with E-state index >= 15 is 0 Å². The largest absolute Gasteiger partial charge is 0.282 e. The first kappa shape index (κ1) is 20.2. The van der Waals surface area contributed by atoms with Crippen LogP contribution in [-0.2, 0) is 12.3 Å². The summed E-state index contributed by atoms with van der Waals surface area (Å²) < 4.78 is 17.4. The van der Waals surface area contributed by atoms with Crippen LogP contribution in [0.3, 0.4) is 0 Å². The van der Waals surface area contributed by atoms with E-state index in [1.54, 1.807) is 28.8 Å². The predicted octanol–water partition coefficient (Wildman–Crippen LogP) is 6.74. The zero-order valence-electron chi connectivity index (χ0n) is 16.2. The van der Waals surface area contributed by atoms with Crippen molar-refractivity contribution in [3.63, 3.8) is 0 Å². The number of halogens is 2. The molecular formula is C24H16ClFN2OS2. The van der Waals surface area contributed by atoms with E-state index in [9.17, 15) is 9.18 Å². The molecule has 0 aliphatic rings. The van der Waals surface area contributed by atoms with Crippen LogP contribution in [0.2, 0.25) is 5.02 Å². The average Bonchev–Trinajstić information content (AvgIpc) is 3.16. The minimum Gasteiger partial charge on any atom is -0.282 e. The van der Waals surface area contributed by atoms with Crippen LogP contribution in [0.15, 0.2) is 82.7 Å². The lowest BCUT2D eigenvalue weighted by Gasteiger charge is -2.13. The van der Waals surface area contributed by atoms with Crippen molar-refractivity contribution in [1.29, 1.82) is 0 Å². The molecule has 3 aromatic carbocycles. The van der Waals surface area contributed by atoms with Crippen molar-refractivity contribution in [3.05, 3.63) is 105 Å². The molecule has 0 atom stereocenters. The zero-order valence-corrected chi connectivity index (χ0v) is 18.6. The molecular weight excluding hydrogens is 451 g/mol. The maximum atomic E-state index is 14.2. The van der Waals surface area contributed by atoms with Crippen LogP contribution in [0.4, 0.5) is 4.39 Å². The number of hydrogen-bond donors (Lipinski definition) is 0. The van der Waals surface area contributed by atoms with Gasteiger partial charge in [-0.15, -0.1) is 11.3 Å². The SMILES string of the molecule is O=c1c2sc3ccccc3c2nc(SCc2ccccc2F)n1Cc1ccccc1Cl. The van der Waals surface area contributed by atoms with Crippen LogP contribution in [0.1, 0.15) is 11.1 Å². The van der Waals surface area contributed by atoms with Crippen molar-refractivity contribution in [2.45, 2.75) is 17.5 Å². The normalized spacial score (nSPS) is 11.4. The van der Waals surface area contributed by atoms with Gasteiger partial charge in [-0.1, -0.05) is 78.0 Å². The Balaban J connectivity index is 1.66. The average molecular weight is 467 g/mol. The molecule has 5 rings (SSSR count). The highest BCUT2D eigenvalue weighted by molar-refractivity contribution is 7.98. The summed E-state index contributed by atoms with van der Waals surface area (Å²) in [5.74, 6) is 0.104. The van der Waals surface area contributed by atoms with Gasteiger partial charge in [0.25, 0.3) is 5.56 Å². The van der Waals surface area contributed by atoms with E-state index in [0.717, 1.165) is 15.6 Å². The van der Waals surface area contributed by atoms with Gasteiger partial charge in [0.1, 0.15) is 10.5 Å². The van der Waals surface area contributed by atoms with Crippen molar-refractivity contribution >= 4 is 55.0 Å². The molecule has 0 spiro atoms. The molecule has 7 heteroatoms. The number of aromatic nitrogens is 2. The highest BCUT2D eigenvalue weighted by atomic mass is 35.5. The summed E-state index contributed by atoms with van der Waals surface area (Å²) in [7, 11) is 0. The van der Waals surface area contributed by atoms with Gasteiger partial charge in [0.2, 0.25) is 0 Å². The first-order valence-corrected chi connectivity index (χ1v) is 11.8. The molecule has 0 N–H and O–H groups in total. The van der Waals surface area contributed by atoms with Gasteiger partial charge in [-0.3, -0.25) is 9.36 Å². The van der Waals surface area contributed by atoms with E-state index in [-0.39, 0.29) is 11.4 Å². The Morgan fingerprint density at radius 2 is 1.68 bits per heavy atom. The third-order valence-electron chi connectivity index (χ3n) is 5.05. The van der Waals surface area contributed by atoms with Crippen molar-refractivity contribution < 1.29 is 4.39 Å². The molecule has 0 fully saturated rings. The van der Waals surface area contributed by atoms with E-state index in [4.69, 9.17) is 16.6 Å². The van der Waals surface area contributed by atoms with Gasteiger partial charge in [-0.2, -0.15) is 0 Å². The summed E-state index contributed by atoms with van der Waals surface area (Å²) in [6, 6.07) is 22.0. The molecule has 31 heavy (non-hydrogen) atoms. The lowest BCUT2D eigenvalue weighted by Crippen LogP contribution is -2.23. The quantitative estimate of drug-likeness (QED) is 0.212. The molecule has 2 heterocycles. The maximum absolute atomic E-state index is 14.2. The number of thiophene rings is 1. The second kappa shape index (κ2) is 8.46. The predicted molar refractivity (Wildman–Crippen MR) is 128 cm³/mol. The number of rotatable bonds is 5. The fraction of sp³-hybridized carbons (Fsp3) is 0.0833. The van der Waals surface area contributed by atoms with Crippen LogP contribution in [-0.4, -0.2) is 9.55 Å². The molecule has 2 aromatic heterocycles. The second-order valence-corrected chi connectivity index (χ2v) is 9.44. The minimum atomic E-state index is -0.267. The lowest BCUT2D eigenvalue weighted by molar-refractivity contribution is 0.616. The smallest absolute Gasteiger partial charge is 0.272 e. The monoisotopic (exact) mass is 466 g/mol. The van der Waals surface area contributed by atoms with Crippen molar-refractivity contribution in [2.75, 3.05) is 0 Å². The van der Waals surface area contributed by atoms with Gasteiger partial charge in [0.15, 0.2) is 5.16 Å². The van der Waals surface area contributed by atoms with Crippen molar-refractivity contribution in [1.82, 2.24) is 9.55 Å². The van der Waals surface area contributed by atoms with E-state index in [1.807, 2.05) is 42.5 Å². The zero-order chi connectivity index (χ0) is 21.4. The fourth-order valence-electron chi connectivity index (χ4n) is 3.46. The van der Waals surface area contributed by atoms with Crippen LogP contribution in [0, 0.1) is 5.82 Å². The highest BCUT2D eigenvalue weighted by Gasteiger charge is 2.17. The third kappa shape index (κ3) is 3.87. The van der Waals surface area contributed by atoms with Gasteiger partial charge < -0.3 is 0 Å². The number of benzene rings is 3. The molecule has 0 unspecified atom stereocenters. The lowest BCUT2D eigenvalue weighted by atomic mass is 10.2. The number of fused-ring (bicyclic) bond motifs is 3. The molecule has 0 saturated heterocycles. The highest BCUT2D eigenvalue weighted by Crippen LogP contribution is 2.33. The summed E-state index contributed by atoms with van der Waals surface area (Å²) >= 11 is 9.16. The molecule has 0 amide bonds. The van der Waals surface area contributed by atoms with Crippen molar-refractivity contribution in [2.24, 2.45) is 0 Å². The number of hydrogen-bond acceptors (Lipinski definition) is 4. The fourth-order valence-corrected chi connectivity index (χ4v) is 5.72. The number of thioether (sulfide) groups is 1. The van der Waals surface area contributed by atoms with Gasteiger partial charge in [0, 0.05) is 20.9 Å². The Morgan fingerprint density at radius 1 is 0.968 bits per heavy atom. The Bertz CT molecular complexity index is 1480. The van der Waals surface area contributed by atoms with Gasteiger partial charge >= 0.3 is 0 Å². The molecule has 0 radical (unpaired) electrons. The molecule has 0 saturated carbocycles. The molecule has 3 nitrogen and oxygen atoms in total. The summed E-state index contributed by atoms with van der Waals surface area (Å²) in [5.41, 5.74) is 1.99. The van der Waals surface area contributed by atoms with Gasteiger partial charge in [0.05, 0.1) is 12.1 Å². The van der Waals surface area contributed by atoms with Crippen LogP contribution >= 0.6 is 34.7 Å². The minimum absolute atomic E-state index is 0.109. The van der Waals surface area contributed by atoms with Crippen LogP contribution < -0.4 is 5.56 Å². The Hall–Kier alpha value is -2.67. The van der Waals surface area contributed by atoms with Crippen molar-refractivity contribution in [3.8, 4) is 0 Å². The summed E-state index contributed by atoms with van der Waals surface area (Å²) in [6.07, 6.45) is 0. The first-order chi connectivity index (χ1) is 15.1. The standard InChI is InChI=1S/C24H16ClFN2OS2/c25-18-10-4-1-7-15(18)13-28-23(29)22-21(17-9-3-6-12-20(17)31-22)27-24(28)30-14-16-8-2-5-11-19(16)26/h1-12H,13-14H2. The van der Waals surface area contributed by atoms with E-state index in [2.05, 4.69) is 0 Å². The van der Waals surface area contributed by atoms with E-state index in [0.29, 0.717) is 38.3 Å². The van der Waals surface area contributed by atoms with Crippen LogP contribution in [0.5, 0.6) is 0 Å². The molecule has 5 aromatic rings. The Labute approximate surface area is 191 Å². The molecule has 0 bridgehead atoms. The van der Waals surface area contributed by atoms with Gasteiger partial charge in [-0.05, 0) is 29.3 Å².